The molecule has 0 aliphatic carbocycles. The lowest BCUT2D eigenvalue weighted by atomic mass is 10.2. The molecule has 0 fully saturated rings. The molecule has 0 radical (unpaired) electrons. The molecule has 0 unspecified atom stereocenters. The van der Waals surface area contributed by atoms with Crippen LogP contribution in [0.5, 0.6) is 0 Å². The molecule has 0 aliphatic rings. The predicted molar refractivity (Wildman–Crippen MR) is 72.2 cm³/mol. The molecule has 1 aromatic heterocycles. The van der Waals surface area contributed by atoms with E-state index in [1.165, 1.54) is 11.8 Å². The van der Waals surface area contributed by atoms with E-state index < -0.39 is 0 Å². The van der Waals surface area contributed by atoms with E-state index in [-0.39, 0.29) is 0 Å². The number of rotatable bonds is 2. The van der Waals surface area contributed by atoms with E-state index in [1.807, 2.05) is 24.3 Å². The monoisotopic (exact) mass is 324 g/mol. The van der Waals surface area contributed by atoms with Crippen LogP contribution in [0.4, 0.5) is 0 Å². The van der Waals surface area contributed by atoms with Crippen molar-refractivity contribution < 1.29 is 0 Å². The highest BCUT2D eigenvalue weighted by Gasteiger charge is 2.05. The Bertz CT molecular complexity index is 595. The van der Waals surface area contributed by atoms with Crippen molar-refractivity contribution in [3.05, 3.63) is 51.6 Å². The Morgan fingerprint density at radius 2 is 2.18 bits per heavy atom. The van der Waals surface area contributed by atoms with Crippen LogP contribution in [-0.4, -0.2) is 4.98 Å². The first-order valence-corrected chi connectivity index (χ1v) is 6.67. The average Bonchev–Trinajstić information content (AvgIpc) is 2.32. The van der Waals surface area contributed by atoms with Crippen LogP contribution in [0.1, 0.15) is 5.56 Å². The number of nitriles is 1. The number of hydrogen-bond acceptors (Lipinski definition) is 3. The van der Waals surface area contributed by atoms with E-state index in [9.17, 15) is 0 Å². The number of hydrogen-bond donors (Lipinski definition) is 0. The summed E-state index contributed by atoms with van der Waals surface area (Å²) < 4.78 is 0.936. The summed E-state index contributed by atoms with van der Waals surface area (Å²) in [5, 5.41) is 10.1. The van der Waals surface area contributed by atoms with Crippen LogP contribution in [0, 0.1) is 11.3 Å². The van der Waals surface area contributed by atoms with Gasteiger partial charge in [-0.25, -0.2) is 4.98 Å². The molecular formula is C12H6BrClN2S. The van der Waals surface area contributed by atoms with E-state index in [0.717, 1.165) is 14.4 Å². The third kappa shape index (κ3) is 3.01. The van der Waals surface area contributed by atoms with Crippen molar-refractivity contribution in [2.45, 2.75) is 9.92 Å². The van der Waals surface area contributed by atoms with Crippen molar-refractivity contribution in [2.24, 2.45) is 0 Å². The molecule has 0 aliphatic heterocycles. The summed E-state index contributed by atoms with van der Waals surface area (Å²) in [6.07, 6.45) is 1.73. The van der Waals surface area contributed by atoms with Crippen LogP contribution in [0.15, 0.2) is 50.9 Å². The predicted octanol–water partition coefficient (Wildman–Crippen LogP) is 4.52. The standard InChI is InChI=1S/C12H6BrClN2S/c13-10-2-1-5-16-12(10)17-9-4-3-8(7-15)11(14)6-9/h1-6H. The van der Waals surface area contributed by atoms with E-state index in [1.54, 1.807) is 18.3 Å². The van der Waals surface area contributed by atoms with E-state index in [4.69, 9.17) is 16.9 Å². The Labute approximate surface area is 117 Å². The summed E-state index contributed by atoms with van der Waals surface area (Å²) in [4.78, 5) is 5.21. The highest BCUT2D eigenvalue weighted by atomic mass is 79.9. The maximum atomic E-state index is 8.78. The smallest absolute Gasteiger partial charge is 0.115 e. The van der Waals surface area contributed by atoms with Crippen LogP contribution in [-0.2, 0) is 0 Å². The maximum Gasteiger partial charge on any atom is 0.115 e. The molecule has 0 N–H and O–H groups in total. The van der Waals surface area contributed by atoms with Crippen LogP contribution in [0.25, 0.3) is 0 Å². The van der Waals surface area contributed by atoms with Gasteiger partial charge in [0.1, 0.15) is 11.1 Å². The normalized spacial score (nSPS) is 9.94. The molecule has 84 valence electrons. The second-order valence-electron chi connectivity index (χ2n) is 3.15. The fourth-order valence-corrected chi connectivity index (χ4v) is 2.81. The molecule has 2 rings (SSSR count). The van der Waals surface area contributed by atoms with Crippen molar-refractivity contribution in [1.82, 2.24) is 4.98 Å². The number of benzene rings is 1. The minimum absolute atomic E-state index is 0.463. The van der Waals surface area contributed by atoms with Gasteiger partial charge in [-0.1, -0.05) is 23.4 Å². The van der Waals surface area contributed by atoms with E-state index in [0.29, 0.717) is 10.6 Å². The molecule has 5 heteroatoms. The highest BCUT2D eigenvalue weighted by molar-refractivity contribution is 9.10. The molecule has 0 amide bonds. The first-order valence-electron chi connectivity index (χ1n) is 4.69. The lowest BCUT2D eigenvalue weighted by Gasteiger charge is -2.03. The molecule has 1 heterocycles. The Morgan fingerprint density at radius 1 is 1.35 bits per heavy atom. The van der Waals surface area contributed by atoms with Crippen molar-refractivity contribution in [2.75, 3.05) is 0 Å². The summed E-state index contributed by atoms with van der Waals surface area (Å²) in [6.45, 7) is 0. The molecule has 17 heavy (non-hydrogen) atoms. The molecule has 0 saturated heterocycles. The fraction of sp³-hybridized carbons (Fsp3) is 0. The Morgan fingerprint density at radius 3 is 2.82 bits per heavy atom. The summed E-state index contributed by atoms with van der Waals surface area (Å²) in [5.41, 5.74) is 0.483. The van der Waals surface area contributed by atoms with Crippen LogP contribution >= 0.6 is 39.3 Å². The van der Waals surface area contributed by atoms with Gasteiger partial charge in [0, 0.05) is 11.1 Å². The summed E-state index contributed by atoms with van der Waals surface area (Å²) >= 11 is 10.9. The lowest BCUT2D eigenvalue weighted by Crippen LogP contribution is -1.82. The highest BCUT2D eigenvalue weighted by Crippen LogP contribution is 2.33. The summed E-state index contributed by atoms with van der Waals surface area (Å²) in [5.74, 6) is 0. The quantitative estimate of drug-likeness (QED) is 0.814. The van der Waals surface area contributed by atoms with Gasteiger partial charge in [0.2, 0.25) is 0 Å². The number of pyridine rings is 1. The van der Waals surface area contributed by atoms with Gasteiger partial charge in [0.05, 0.1) is 15.1 Å². The third-order valence-corrected chi connectivity index (χ3v) is 4.22. The zero-order valence-corrected chi connectivity index (χ0v) is 11.7. The molecule has 0 saturated carbocycles. The second-order valence-corrected chi connectivity index (χ2v) is 5.47. The summed E-state index contributed by atoms with van der Waals surface area (Å²) in [6, 6.07) is 11.2. The molecule has 2 nitrogen and oxygen atoms in total. The lowest BCUT2D eigenvalue weighted by molar-refractivity contribution is 1.11. The Hall–Kier alpha value is -1.02. The van der Waals surface area contributed by atoms with Gasteiger partial charge in [-0.05, 0) is 46.3 Å². The van der Waals surface area contributed by atoms with Gasteiger partial charge in [-0.3, -0.25) is 0 Å². The molecular weight excluding hydrogens is 320 g/mol. The van der Waals surface area contributed by atoms with Gasteiger partial charge in [-0.2, -0.15) is 5.26 Å². The largest absolute Gasteiger partial charge is 0.248 e. The second kappa shape index (κ2) is 5.54. The van der Waals surface area contributed by atoms with Crippen molar-refractivity contribution in [1.29, 1.82) is 5.26 Å². The van der Waals surface area contributed by atoms with Crippen LogP contribution < -0.4 is 0 Å². The number of halogens is 2. The summed E-state index contributed by atoms with van der Waals surface area (Å²) in [7, 11) is 0. The minimum atomic E-state index is 0.463. The third-order valence-electron chi connectivity index (χ3n) is 2.00. The van der Waals surface area contributed by atoms with Crippen molar-refractivity contribution >= 4 is 39.3 Å². The Kier molecular flexibility index (Phi) is 4.06. The zero-order chi connectivity index (χ0) is 12.3. The molecule has 2 aromatic rings. The van der Waals surface area contributed by atoms with Crippen molar-refractivity contribution in [3.8, 4) is 6.07 Å². The van der Waals surface area contributed by atoms with Gasteiger partial charge in [0.25, 0.3) is 0 Å². The minimum Gasteiger partial charge on any atom is -0.248 e. The van der Waals surface area contributed by atoms with Gasteiger partial charge >= 0.3 is 0 Å². The number of nitrogens with zero attached hydrogens (tertiary/aromatic N) is 2. The topological polar surface area (TPSA) is 36.7 Å². The molecule has 0 bridgehead atoms. The van der Waals surface area contributed by atoms with Gasteiger partial charge in [0.15, 0.2) is 0 Å². The van der Waals surface area contributed by atoms with Crippen LogP contribution in [0.2, 0.25) is 5.02 Å². The molecule has 0 atom stereocenters. The van der Waals surface area contributed by atoms with Crippen LogP contribution in [0.3, 0.4) is 0 Å². The average molecular weight is 326 g/mol. The van der Waals surface area contributed by atoms with E-state index >= 15 is 0 Å². The Balaban J connectivity index is 2.29. The molecule has 1 aromatic carbocycles. The SMILES string of the molecule is N#Cc1ccc(Sc2ncccc2Br)cc1Cl. The fourth-order valence-electron chi connectivity index (χ4n) is 1.21. The van der Waals surface area contributed by atoms with Gasteiger partial charge < -0.3 is 0 Å². The first-order chi connectivity index (χ1) is 8.20. The van der Waals surface area contributed by atoms with E-state index in [2.05, 4.69) is 20.9 Å². The van der Waals surface area contributed by atoms with Gasteiger partial charge in [-0.15, -0.1) is 0 Å². The zero-order valence-electron chi connectivity index (χ0n) is 8.52. The maximum absolute atomic E-state index is 8.78. The van der Waals surface area contributed by atoms with Crippen molar-refractivity contribution in [3.63, 3.8) is 0 Å². The number of aromatic nitrogens is 1. The molecule has 0 spiro atoms. The first kappa shape index (κ1) is 12.4.